The molecule has 0 radical (unpaired) electrons. The van der Waals surface area contributed by atoms with Crippen LogP contribution in [0, 0.1) is 5.92 Å². The molecular formula is C18H35N3O2. The molecule has 2 fully saturated rings. The predicted molar refractivity (Wildman–Crippen MR) is 93.4 cm³/mol. The lowest BCUT2D eigenvalue weighted by Gasteiger charge is -2.34. The molecule has 2 rings (SSSR count). The molecule has 1 aliphatic heterocycles. The molecule has 134 valence electrons. The fraction of sp³-hybridized carbons (Fsp3) is 0.944. The monoisotopic (exact) mass is 325 g/mol. The molecule has 0 aromatic rings. The maximum Gasteiger partial charge on any atom is 0.222 e. The van der Waals surface area contributed by atoms with Gasteiger partial charge in [-0.2, -0.15) is 0 Å². The molecule has 0 aromatic heterocycles. The van der Waals surface area contributed by atoms with E-state index in [2.05, 4.69) is 16.8 Å². The van der Waals surface area contributed by atoms with Crippen LogP contribution in [0.3, 0.4) is 0 Å². The molecule has 1 amide bonds. The van der Waals surface area contributed by atoms with Gasteiger partial charge in [0.1, 0.15) is 0 Å². The lowest BCUT2D eigenvalue weighted by molar-refractivity contribution is -0.131. The van der Waals surface area contributed by atoms with E-state index in [1.165, 1.54) is 32.1 Å². The van der Waals surface area contributed by atoms with Gasteiger partial charge in [-0.25, -0.2) is 0 Å². The highest BCUT2D eigenvalue weighted by molar-refractivity contribution is 5.75. The fourth-order valence-electron chi connectivity index (χ4n) is 3.80. The van der Waals surface area contributed by atoms with E-state index in [4.69, 9.17) is 0 Å². The van der Waals surface area contributed by atoms with Crippen molar-refractivity contribution in [3.63, 3.8) is 0 Å². The second-order valence-electron chi connectivity index (χ2n) is 7.57. The number of piperazine rings is 1. The van der Waals surface area contributed by atoms with Crippen molar-refractivity contribution in [2.24, 2.45) is 5.92 Å². The highest BCUT2D eigenvalue weighted by Crippen LogP contribution is 2.27. The van der Waals surface area contributed by atoms with Crippen molar-refractivity contribution < 1.29 is 9.90 Å². The van der Waals surface area contributed by atoms with Crippen LogP contribution in [-0.4, -0.2) is 85.2 Å². The number of nitrogens with zero attached hydrogens (tertiary/aromatic N) is 3. The number of carbonyl (C=O) groups is 1. The molecule has 5 nitrogen and oxygen atoms in total. The van der Waals surface area contributed by atoms with Crippen molar-refractivity contribution in [1.82, 2.24) is 14.7 Å². The number of amides is 1. The number of rotatable bonds is 7. The standard InChI is InChI=1S/C18H35N3O2/c1-19-10-12-21(13-11-19)15-17(22)14-20(2)18(23)9-8-16-6-4-3-5-7-16/h16-17,22H,3-15H2,1-2H3. The molecule has 0 spiro atoms. The Labute approximate surface area is 141 Å². The van der Waals surface area contributed by atoms with Gasteiger partial charge in [0.25, 0.3) is 0 Å². The van der Waals surface area contributed by atoms with Crippen molar-refractivity contribution in [3.8, 4) is 0 Å². The summed E-state index contributed by atoms with van der Waals surface area (Å²) < 4.78 is 0. The molecule has 1 saturated carbocycles. The third-order valence-corrected chi connectivity index (χ3v) is 5.47. The highest BCUT2D eigenvalue weighted by atomic mass is 16.3. The van der Waals surface area contributed by atoms with Crippen LogP contribution in [-0.2, 0) is 4.79 Å². The van der Waals surface area contributed by atoms with Crippen LogP contribution in [0.5, 0.6) is 0 Å². The van der Waals surface area contributed by atoms with E-state index in [1.807, 2.05) is 7.05 Å². The molecule has 0 aromatic carbocycles. The van der Waals surface area contributed by atoms with Gasteiger partial charge in [-0.05, 0) is 19.4 Å². The molecule has 0 bridgehead atoms. The maximum atomic E-state index is 12.3. The van der Waals surface area contributed by atoms with E-state index in [1.54, 1.807) is 4.90 Å². The Morgan fingerprint density at radius 1 is 1.17 bits per heavy atom. The number of aliphatic hydroxyl groups excluding tert-OH is 1. The molecule has 1 saturated heterocycles. The normalized spacial score (nSPS) is 22.9. The Kier molecular flexibility index (Phi) is 7.80. The molecule has 1 atom stereocenters. The first-order chi connectivity index (χ1) is 11.0. The van der Waals surface area contributed by atoms with Gasteiger partial charge in [0.05, 0.1) is 6.10 Å². The number of β-amino-alcohol motifs (C(OH)–C–C–N with tert-alkyl or cyclic N) is 1. The van der Waals surface area contributed by atoms with Gasteiger partial charge in [0.2, 0.25) is 5.91 Å². The fourth-order valence-corrected chi connectivity index (χ4v) is 3.80. The van der Waals surface area contributed by atoms with Gasteiger partial charge in [-0.3, -0.25) is 9.69 Å². The van der Waals surface area contributed by atoms with E-state index < -0.39 is 6.10 Å². The third kappa shape index (κ3) is 6.77. The average Bonchev–Trinajstić information content (AvgIpc) is 2.55. The molecule has 1 N–H and O–H groups in total. The van der Waals surface area contributed by atoms with Crippen molar-refractivity contribution in [2.45, 2.75) is 51.0 Å². The summed E-state index contributed by atoms with van der Waals surface area (Å²) in [4.78, 5) is 18.6. The maximum absolute atomic E-state index is 12.3. The SMILES string of the molecule is CN1CCN(CC(O)CN(C)C(=O)CCC2CCCCC2)CC1. The van der Waals surface area contributed by atoms with Gasteiger partial charge in [0.15, 0.2) is 0 Å². The molecule has 1 heterocycles. The zero-order chi connectivity index (χ0) is 16.7. The zero-order valence-electron chi connectivity index (χ0n) is 15.0. The molecule has 23 heavy (non-hydrogen) atoms. The summed E-state index contributed by atoms with van der Waals surface area (Å²) in [6, 6.07) is 0. The van der Waals surface area contributed by atoms with Crippen LogP contribution in [0.4, 0.5) is 0 Å². The zero-order valence-corrected chi connectivity index (χ0v) is 15.0. The molecule has 2 aliphatic rings. The molecule has 1 aliphatic carbocycles. The molecule has 1 unspecified atom stereocenters. The van der Waals surface area contributed by atoms with Crippen molar-refractivity contribution >= 4 is 5.91 Å². The van der Waals surface area contributed by atoms with Gasteiger partial charge in [0, 0.05) is 52.7 Å². The van der Waals surface area contributed by atoms with Crippen LogP contribution < -0.4 is 0 Å². The van der Waals surface area contributed by atoms with E-state index >= 15 is 0 Å². The number of hydrogen-bond donors (Lipinski definition) is 1. The van der Waals surface area contributed by atoms with Gasteiger partial charge < -0.3 is 14.9 Å². The Hall–Kier alpha value is -0.650. The van der Waals surface area contributed by atoms with E-state index in [-0.39, 0.29) is 5.91 Å². The Balaban J connectivity index is 1.61. The lowest BCUT2D eigenvalue weighted by Crippen LogP contribution is -2.49. The topological polar surface area (TPSA) is 47.0 Å². The molecule has 5 heteroatoms. The Bertz CT molecular complexity index is 350. The summed E-state index contributed by atoms with van der Waals surface area (Å²) in [7, 11) is 3.96. The Morgan fingerprint density at radius 3 is 2.48 bits per heavy atom. The first kappa shape index (κ1) is 18.7. The summed E-state index contributed by atoms with van der Waals surface area (Å²) >= 11 is 0. The first-order valence-electron chi connectivity index (χ1n) is 9.37. The predicted octanol–water partition coefficient (Wildman–Crippen LogP) is 1.41. The van der Waals surface area contributed by atoms with Crippen LogP contribution in [0.1, 0.15) is 44.9 Å². The number of carbonyl (C=O) groups excluding carboxylic acids is 1. The first-order valence-corrected chi connectivity index (χ1v) is 9.37. The second kappa shape index (κ2) is 9.60. The Morgan fingerprint density at radius 2 is 1.83 bits per heavy atom. The van der Waals surface area contributed by atoms with E-state index in [0.717, 1.165) is 38.5 Å². The van der Waals surface area contributed by atoms with Crippen molar-refractivity contribution in [3.05, 3.63) is 0 Å². The van der Waals surface area contributed by atoms with Crippen LogP contribution >= 0.6 is 0 Å². The van der Waals surface area contributed by atoms with E-state index in [0.29, 0.717) is 19.5 Å². The third-order valence-electron chi connectivity index (χ3n) is 5.47. The lowest BCUT2D eigenvalue weighted by atomic mass is 9.86. The number of hydrogen-bond acceptors (Lipinski definition) is 4. The summed E-state index contributed by atoms with van der Waals surface area (Å²) in [5, 5.41) is 10.3. The smallest absolute Gasteiger partial charge is 0.222 e. The van der Waals surface area contributed by atoms with Crippen LogP contribution in [0.25, 0.3) is 0 Å². The minimum atomic E-state index is -0.443. The highest BCUT2D eigenvalue weighted by Gasteiger charge is 2.20. The van der Waals surface area contributed by atoms with Crippen LogP contribution in [0.2, 0.25) is 0 Å². The quantitative estimate of drug-likeness (QED) is 0.769. The largest absolute Gasteiger partial charge is 0.390 e. The minimum Gasteiger partial charge on any atom is -0.390 e. The number of likely N-dealkylation sites (N-methyl/N-ethyl adjacent to an activating group) is 2. The van der Waals surface area contributed by atoms with Gasteiger partial charge in [-0.1, -0.05) is 32.1 Å². The molecular weight excluding hydrogens is 290 g/mol. The summed E-state index contributed by atoms with van der Waals surface area (Å²) in [5.74, 6) is 0.935. The average molecular weight is 325 g/mol. The summed E-state index contributed by atoms with van der Waals surface area (Å²) in [5.41, 5.74) is 0. The minimum absolute atomic E-state index is 0.188. The van der Waals surface area contributed by atoms with Gasteiger partial charge in [-0.15, -0.1) is 0 Å². The summed E-state index contributed by atoms with van der Waals surface area (Å²) in [6.45, 7) is 5.26. The second-order valence-corrected chi connectivity index (χ2v) is 7.57. The van der Waals surface area contributed by atoms with Gasteiger partial charge >= 0.3 is 0 Å². The number of aliphatic hydroxyl groups is 1. The van der Waals surface area contributed by atoms with Crippen molar-refractivity contribution in [2.75, 3.05) is 53.4 Å². The van der Waals surface area contributed by atoms with Crippen LogP contribution in [0.15, 0.2) is 0 Å². The van der Waals surface area contributed by atoms with Crippen molar-refractivity contribution in [1.29, 1.82) is 0 Å². The summed E-state index contributed by atoms with van der Waals surface area (Å²) in [6.07, 6.45) is 7.84. The van der Waals surface area contributed by atoms with E-state index in [9.17, 15) is 9.90 Å².